The van der Waals surface area contributed by atoms with Gasteiger partial charge in [0.25, 0.3) is 5.91 Å². The van der Waals surface area contributed by atoms with Crippen LogP contribution in [0.4, 0.5) is 0 Å². The highest BCUT2D eigenvalue weighted by molar-refractivity contribution is 6.30. The molecule has 0 radical (unpaired) electrons. The quantitative estimate of drug-likeness (QED) is 0.753. The molecule has 0 unspecified atom stereocenters. The Bertz CT molecular complexity index is 853. The van der Waals surface area contributed by atoms with E-state index in [-0.39, 0.29) is 11.9 Å². The highest BCUT2D eigenvalue weighted by Crippen LogP contribution is 2.37. The van der Waals surface area contributed by atoms with Gasteiger partial charge in [-0.05, 0) is 67.9 Å². The Balaban J connectivity index is 1.64. The second-order valence-electron chi connectivity index (χ2n) is 7.38. The molecule has 0 saturated heterocycles. The molecule has 1 N–H and O–H groups in total. The average Bonchev–Trinajstić information content (AvgIpc) is 3.14. The number of methoxy groups -OCH3 is 1. The Kier molecular flexibility index (Phi) is 5.26. The number of H-pyrrole nitrogens is 1. The van der Waals surface area contributed by atoms with E-state index in [1.165, 1.54) is 30.4 Å². The van der Waals surface area contributed by atoms with Crippen LogP contribution in [0.2, 0.25) is 5.02 Å². The number of aromatic amines is 1. The van der Waals surface area contributed by atoms with Gasteiger partial charge in [-0.15, -0.1) is 0 Å². The summed E-state index contributed by atoms with van der Waals surface area (Å²) < 4.78 is 5.27. The van der Waals surface area contributed by atoms with E-state index in [2.05, 4.69) is 17.1 Å². The van der Waals surface area contributed by atoms with E-state index in [9.17, 15) is 4.79 Å². The Hall–Kier alpha value is -2.20. The van der Waals surface area contributed by atoms with Crippen molar-refractivity contribution in [3.8, 4) is 5.75 Å². The van der Waals surface area contributed by atoms with E-state index in [4.69, 9.17) is 16.3 Å². The first-order valence-corrected chi connectivity index (χ1v) is 10.0. The molecular weight excluding hydrogens is 360 g/mol. The molecule has 1 amide bonds. The van der Waals surface area contributed by atoms with E-state index in [1.54, 1.807) is 24.9 Å². The summed E-state index contributed by atoms with van der Waals surface area (Å²) in [4.78, 5) is 18.2. The zero-order valence-electron chi connectivity index (χ0n) is 15.6. The molecule has 4 rings (SSSR count). The predicted molar refractivity (Wildman–Crippen MR) is 107 cm³/mol. The van der Waals surface area contributed by atoms with Crippen LogP contribution in [-0.4, -0.2) is 35.5 Å². The standard InChI is InChI=1S/C22H25ClN2O2/c1-27-18-8-6-15(7-9-18)12-21-19-5-3-2-4-16(19)10-11-25(21)22(26)20-13-17(23)14-24-20/h6-9,13-14,21,24H,2-5,10-12H2,1H3/t21-/m1/s1. The Morgan fingerprint density at radius 1 is 1.22 bits per heavy atom. The molecule has 1 aromatic heterocycles. The first-order chi connectivity index (χ1) is 13.2. The highest BCUT2D eigenvalue weighted by atomic mass is 35.5. The molecule has 4 nitrogen and oxygen atoms in total. The maximum Gasteiger partial charge on any atom is 0.270 e. The number of carbonyl (C=O) groups excluding carboxylic acids is 1. The molecule has 1 aromatic carbocycles. The van der Waals surface area contributed by atoms with Crippen molar-refractivity contribution >= 4 is 17.5 Å². The lowest BCUT2D eigenvalue weighted by Gasteiger charge is -2.41. The predicted octanol–water partition coefficient (Wildman–Crippen LogP) is 5.00. The minimum Gasteiger partial charge on any atom is -0.497 e. The number of benzene rings is 1. The third kappa shape index (κ3) is 3.77. The van der Waals surface area contributed by atoms with Crippen molar-refractivity contribution in [2.45, 2.75) is 44.6 Å². The van der Waals surface area contributed by atoms with Crippen molar-refractivity contribution in [3.05, 3.63) is 64.0 Å². The smallest absolute Gasteiger partial charge is 0.270 e. The molecule has 2 aromatic rings. The van der Waals surface area contributed by atoms with Gasteiger partial charge in [-0.2, -0.15) is 0 Å². The zero-order valence-corrected chi connectivity index (χ0v) is 16.4. The molecule has 0 spiro atoms. The summed E-state index contributed by atoms with van der Waals surface area (Å²) in [6.45, 7) is 0.773. The van der Waals surface area contributed by atoms with Gasteiger partial charge in [-0.3, -0.25) is 4.79 Å². The van der Waals surface area contributed by atoms with Crippen molar-refractivity contribution in [1.82, 2.24) is 9.88 Å². The third-order valence-corrected chi connectivity index (χ3v) is 6.01. The average molecular weight is 385 g/mol. The Morgan fingerprint density at radius 3 is 2.70 bits per heavy atom. The highest BCUT2D eigenvalue weighted by Gasteiger charge is 2.34. The number of halogens is 1. The summed E-state index contributed by atoms with van der Waals surface area (Å²) in [7, 11) is 1.68. The lowest BCUT2D eigenvalue weighted by Crippen LogP contribution is -2.47. The molecule has 27 heavy (non-hydrogen) atoms. The molecule has 0 saturated carbocycles. The van der Waals surface area contributed by atoms with Gasteiger partial charge in [0.05, 0.1) is 18.2 Å². The Morgan fingerprint density at radius 2 is 2.00 bits per heavy atom. The van der Waals surface area contributed by atoms with Crippen LogP contribution in [0.1, 0.15) is 48.2 Å². The van der Waals surface area contributed by atoms with Crippen molar-refractivity contribution in [2.75, 3.05) is 13.7 Å². The summed E-state index contributed by atoms with van der Waals surface area (Å²) in [6, 6.07) is 10.0. The maximum atomic E-state index is 13.2. The number of carbonyl (C=O) groups is 1. The van der Waals surface area contributed by atoms with Crippen molar-refractivity contribution in [3.63, 3.8) is 0 Å². The summed E-state index contributed by atoms with van der Waals surface area (Å²) in [6.07, 6.45) is 8.28. The van der Waals surface area contributed by atoms with Crippen LogP contribution in [-0.2, 0) is 6.42 Å². The topological polar surface area (TPSA) is 45.3 Å². The Labute approximate surface area is 165 Å². The minimum atomic E-state index is 0.0394. The number of hydrogen-bond acceptors (Lipinski definition) is 2. The first kappa shape index (κ1) is 18.2. The van der Waals surface area contributed by atoms with Crippen LogP contribution >= 0.6 is 11.6 Å². The number of ether oxygens (including phenoxy) is 1. The number of hydrogen-bond donors (Lipinski definition) is 1. The lowest BCUT2D eigenvalue weighted by atomic mass is 9.80. The first-order valence-electron chi connectivity index (χ1n) is 9.64. The van der Waals surface area contributed by atoms with Crippen LogP contribution in [0.25, 0.3) is 0 Å². The molecule has 142 valence electrons. The van der Waals surface area contributed by atoms with Gasteiger partial charge in [-0.1, -0.05) is 29.3 Å². The minimum absolute atomic E-state index is 0.0394. The van der Waals surface area contributed by atoms with Crippen molar-refractivity contribution in [2.24, 2.45) is 0 Å². The van der Waals surface area contributed by atoms with Crippen LogP contribution in [0.3, 0.4) is 0 Å². The number of amides is 1. The van der Waals surface area contributed by atoms with E-state index in [0.717, 1.165) is 31.6 Å². The normalized spacial score (nSPS) is 19.8. The maximum absolute atomic E-state index is 13.2. The van der Waals surface area contributed by atoms with Gasteiger partial charge in [0.2, 0.25) is 0 Å². The molecule has 1 aliphatic heterocycles. The van der Waals surface area contributed by atoms with Gasteiger partial charge < -0.3 is 14.6 Å². The van der Waals surface area contributed by atoms with Crippen LogP contribution in [0, 0.1) is 0 Å². The SMILES string of the molecule is COc1ccc(C[C@@H]2C3=C(CCCC3)CCN2C(=O)c2cc(Cl)c[nH]2)cc1. The second kappa shape index (κ2) is 7.81. The number of nitrogens with one attached hydrogen (secondary N) is 1. The monoisotopic (exact) mass is 384 g/mol. The summed E-state index contributed by atoms with van der Waals surface area (Å²) in [5.74, 6) is 0.895. The van der Waals surface area contributed by atoms with E-state index >= 15 is 0 Å². The fourth-order valence-electron chi connectivity index (χ4n) is 4.39. The fourth-order valence-corrected chi connectivity index (χ4v) is 4.55. The molecule has 1 atom stereocenters. The molecule has 2 aliphatic rings. The van der Waals surface area contributed by atoms with Gasteiger partial charge in [0.1, 0.15) is 11.4 Å². The van der Waals surface area contributed by atoms with Crippen LogP contribution < -0.4 is 4.74 Å². The van der Waals surface area contributed by atoms with Crippen LogP contribution in [0.15, 0.2) is 47.7 Å². The lowest BCUT2D eigenvalue weighted by molar-refractivity contribution is 0.0680. The summed E-state index contributed by atoms with van der Waals surface area (Å²) >= 11 is 6.03. The zero-order chi connectivity index (χ0) is 18.8. The van der Waals surface area contributed by atoms with E-state index < -0.39 is 0 Å². The summed E-state index contributed by atoms with van der Waals surface area (Å²) in [5, 5.41) is 0.569. The number of aromatic nitrogens is 1. The second-order valence-corrected chi connectivity index (χ2v) is 7.82. The van der Waals surface area contributed by atoms with Gasteiger partial charge >= 0.3 is 0 Å². The molecule has 1 aliphatic carbocycles. The molecular formula is C22H25ClN2O2. The fraction of sp³-hybridized carbons (Fsp3) is 0.409. The van der Waals surface area contributed by atoms with Gasteiger partial charge in [0.15, 0.2) is 0 Å². The largest absolute Gasteiger partial charge is 0.497 e. The number of nitrogens with zero attached hydrogens (tertiary/aromatic N) is 1. The van der Waals surface area contributed by atoms with E-state index in [1.807, 2.05) is 17.0 Å². The number of rotatable bonds is 4. The molecule has 5 heteroatoms. The third-order valence-electron chi connectivity index (χ3n) is 5.79. The van der Waals surface area contributed by atoms with E-state index in [0.29, 0.717) is 10.7 Å². The molecule has 0 bridgehead atoms. The van der Waals surface area contributed by atoms with Crippen molar-refractivity contribution in [1.29, 1.82) is 0 Å². The van der Waals surface area contributed by atoms with Gasteiger partial charge in [-0.25, -0.2) is 0 Å². The molecule has 0 fully saturated rings. The summed E-state index contributed by atoms with van der Waals surface area (Å²) in [5.41, 5.74) is 4.85. The molecule has 2 heterocycles. The van der Waals surface area contributed by atoms with Crippen molar-refractivity contribution < 1.29 is 9.53 Å². The van der Waals surface area contributed by atoms with Crippen LogP contribution in [0.5, 0.6) is 5.75 Å². The van der Waals surface area contributed by atoms with Gasteiger partial charge in [0, 0.05) is 12.7 Å².